The van der Waals surface area contributed by atoms with Crippen LogP contribution in [-0.4, -0.2) is 46.5 Å². The predicted octanol–water partition coefficient (Wildman–Crippen LogP) is 2.80. The van der Waals surface area contributed by atoms with Gasteiger partial charge in [-0.15, -0.1) is 0 Å². The third kappa shape index (κ3) is 5.04. The highest BCUT2D eigenvalue weighted by molar-refractivity contribution is 5.92. The number of aromatic nitrogens is 2. The maximum absolute atomic E-state index is 13.8. The van der Waals surface area contributed by atoms with E-state index in [0.29, 0.717) is 36.2 Å². The van der Waals surface area contributed by atoms with Crippen molar-refractivity contribution in [2.75, 3.05) is 19.7 Å². The average molecular weight is 384 g/mol. The predicted molar refractivity (Wildman–Crippen MR) is 102 cm³/mol. The number of carbonyl (C=O) groups is 1. The van der Waals surface area contributed by atoms with Crippen molar-refractivity contribution in [1.29, 1.82) is 0 Å². The molecule has 1 amide bonds. The second-order valence-corrected chi connectivity index (χ2v) is 7.61. The number of ether oxygens (including phenoxy) is 1. The summed E-state index contributed by atoms with van der Waals surface area (Å²) in [6, 6.07) is 6.96. The van der Waals surface area contributed by atoms with Crippen LogP contribution in [-0.2, 0) is 6.54 Å². The lowest BCUT2D eigenvalue weighted by Gasteiger charge is -2.32. The Morgan fingerprint density at radius 2 is 1.93 bits per heavy atom. The molecule has 2 fully saturated rings. The minimum absolute atomic E-state index is 0.0944. The number of benzene rings is 1. The molecule has 28 heavy (non-hydrogen) atoms. The normalized spacial score (nSPS) is 18.0. The summed E-state index contributed by atoms with van der Waals surface area (Å²) in [4.78, 5) is 23.0. The fourth-order valence-corrected chi connectivity index (χ4v) is 3.36. The van der Waals surface area contributed by atoms with Gasteiger partial charge >= 0.3 is 0 Å². The molecule has 6 nitrogen and oxygen atoms in total. The zero-order valence-electron chi connectivity index (χ0n) is 15.8. The Morgan fingerprint density at radius 1 is 1.14 bits per heavy atom. The minimum Gasteiger partial charge on any atom is -0.476 e. The first-order valence-electron chi connectivity index (χ1n) is 9.89. The topological polar surface area (TPSA) is 67.4 Å². The molecule has 0 radical (unpaired) electrons. The number of likely N-dealkylation sites (tertiary alicyclic amines) is 1. The number of nitrogens with one attached hydrogen (secondary N) is 1. The SMILES string of the molecule is O=C(NC1CCN(Cc2ccccc2F)CC1)c1cnc(OCC2CC2)cn1. The molecule has 1 aliphatic heterocycles. The van der Waals surface area contributed by atoms with Crippen molar-refractivity contribution >= 4 is 5.91 Å². The van der Waals surface area contributed by atoms with Crippen molar-refractivity contribution in [3.8, 4) is 5.88 Å². The Morgan fingerprint density at radius 3 is 2.61 bits per heavy atom. The van der Waals surface area contributed by atoms with E-state index >= 15 is 0 Å². The van der Waals surface area contributed by atoms with Crippen LogP contribution in [0.3, 0.4) is 0 Å². The molecule has 1 aromatic heterocycles. The van der Waals surface area contributed by atoms with Crippen LogP contribution in [0, 0.1) is 11.7 Å². The number of halogens is 1. The fraction of sp³-hybridized carbons (Fsp3) is 0.476. The first-order valence-corrected chi connectivity index (χ1v) is 9.89. The zero-order chi connectivity index (χ0) is 19.3. The summed E-state index contributed by atoms with van der Waals surface area (Å²) in [6.45, 7) is 2.91. The van der Waals surface area contributed by atoms with Gasteiger partial charge in [0.25, 0.3) is 5.91 Å². The molecule has 2 heterocycles. The van der Waals surface area contributed by atoms with Gasteiger partial charge in [-0.1, -0.05) is 18.2 Å². The van der Waals surface area contributed by atoms with Crippen molar-refractivity contribution < 1.29 is 13.9 Å². The molecule has 1 aromatic carbocycles. The largest absolute Gasteiger partial charge is 0.476 e. The molecule has 0 atom stereocenters. The van der Waals surface area contributed by atoms with E-state index in [1.54, 1.807) is 6.07 Å². The van der Waals surface area contributed by atoms with Crippen molar-refractivity contribution in [3.63, 3.8) is 0 Å². The van der Waals surface area contributed by atoms with Crippen LogP contribution >= 0.6 is 0 Å². The van der Waals surface area contributed by atoms with Crippen LogP contribution in [0.1, 0.15) is 41.7 Å². The molecule has 0 bridgehead atoms. The summed E-state index contributed by atoms with van der Waals surface area (Å²) in [5.41, 5.74) is 1.01. The van der Waals surface area contributed by atoms with Crippen molar-refractivity contribution in [1.82, 2.24) is 20.2 Å². The van der Waals surface area contributed by atoms with Gasteiger partial charge in [0.15, 0.2) is 0 Å². The van der Waals surface area contributed by atoms with E-state index in [9.17, 15) is 9.18 Å². The van der Waals surface area contributed by atoms with Crippen LogP contribution in [0.25, 0.3) is 0 Å². The number of rotatable bonds is 7. The van der Waals surface area contributed by atoms with Gasteiger partial charge in [0.05, 0.1) is 19.0 Å². The standard InChI is InChI=1S/C21H25FN4O2/c22-18-4-2-1-3-16(18)13-26-9-7-17(8-10-26)25-21(27)19-11-24-20(12-23-19)28-14-15-5-6-15/h1-4,11-12,15,17H,5-10,13-14H2,(H,25,27). The van der Waals surface area contributed by atoms with Crippen LogP contribution in [0.4, 0.5) is 4.39 Å². The van der Waals surface area contributed by atoms with Gasteiger partial charge in [0, 0.05) is 31.2 Å². The first kappa shape index (κ1) is 18.8. The van der Waals surface area contributed by atoms with E-state index in [0.717, 1.165) is 25.9 Å². The number of hydrogen-bond donors (Lipinski definition) is 1. The third-order valence-electron chi connectivity index (χ3n) is 5.30. The van der Waals surface area contributed by atoms with Crippen molar-refractivity contribution in [2.45, 2.75) is 38.3 Å². The molecule has 4 rings (SSSR count). The molecule has 1 saturated heterocycles. The molecule has 1 saturated carbocycles. The molecular weight excluding hydrogens is 359 g/mol. The van der Waals surface area contributed by atoms with E-state index in [-0.39, 0.29) is 17.8 Å². The minimum atomic E-state index is -0.214. The summed E-state index contributed by atoms with van der Waals surface area (Å²) in [5.74, 6) is 0.730. The fourth-order valence-electron chi connectivity index (χ4n) is 3.36. The Bertz CT molecular complexity index is 802. The summed E-state index contributed by atoms with van der Waals surface area (Å²) in [7, 11) is 0. The highest BCUT2D eigenvalue weighted by atomic mass is 19.1. The second-order valence-electron chi connectivity index (χ2n) is 7.61. The highest BCUT2D eigenvalue weighted by Gasteiger charge is 2.23. The molecule has 1 aliphatic carbocycles. The summed E-state index contributed by atoms with van der Waals surface area (Å²) < 4.78 is 19.3. The smallest absolute Gasteiger partial charge is 0.271 e. The summed E-state index contributed by atoms with van der Waals surface area (Å²) >= 11 is 0. The van der Waals surface area contributed by atoms with Gasteiger partial charge in [-0.2, -0.15) is 0 Å². The van der Waals surface area contributed by atoms with E-state index in [4.69, 9.17) is 4.74 Å². The number of piperidine rings is 1. The van der Waals surface area contributed by atoms with Crippen LogP contribution in [0.2, 0.25) is 0 Å². The monoisotopic (exact) mass is 384 g/mol. The van der Waals surface area contributed by atoms with Crippen molar-refractivity contribution in [3.05, 3.63) is 53.7 Å². The molecule has 2 aliphatic rings. The Kier molecular flexibility index (Phi) is 5.81. The lowest BCUT2D eigenvalue weighted by molar-refractivity contribution is 0.0903. The lowest BCUT2D eigenvalue weighted by atomic mass is 10.0. The lowest BCUT2D eigenvalue weighted by Crippen LogP contribution is -2.44. The molecule has 7 heteroatoms. The van der Waals surface area contributed by atoms with Gasteiger partial charge in [0.2, 0.25) is 5.88 Å². The highest BCUT2D eigenvalue weighted by Crippen LogP contribution is 2.29. The molecule has 0 spiro atoms. The van der Waals surface area contributed by atoms with Crippen LogP contribution < -0.4 is 10.1 Å². The Hall–Kier alpha value is -2.54. The molecule has 148 valence electrons. The van der Waals surface area contributed by atoms with E-state index in [2.05, 4.69) is 20.2 Å². The van der Waals surface area contributed by atoms with E-state index < -0.39 is 0 Å². The van der Waals surface area contributed by atoms with E-state index in [1.807, 2.05) is 12.1 Å². The van der Waals surface area contributed by atoms with E-state index in [1.165, 1.54) is 31.3 Å². The van der Waals surface area contributed by atoms with Crippen LogP contribution in [0.15, 0.2) is 36.7 Å². The Labute approximate surface area is 164 Å². The Balaban J connectivity index is 1.22. The third-order valence-corrected chi connectivity index (χ3v) is 5.30. The maximum atomic E-state index is 13.8. The number of nitrogens with zero attached hydrogens (tertiary/aromatic N) is 3. The quantitative estimate of drug-likeness (QED) is 0.795. The van der Waals surface area contributed by atoms with Gasteiger partial charge < -0.3 is 10.1 Å². The van der Waals surface area contributed by atoms with Gasteiger partial charge in [0.1, 0.15) is 11.5 Å². The molecular formula is C21H25FN4O2. The molecule has 0 unspecified atom stereocenters. The van der Waals surface area contributed by atoms with Crippen molar-refractivity contribution in [2.24, 2.45) is 5.92 Å². The van der Waals surface area contributed by atoms with Gasteiger partial charge in [-0.25, -0.2) is 14.4 Å². The number of hydrogen-bond acceptors (Lipinski definition) is 5. The van der Waals surface area contributed by atoms with Crippen LogP contribution in [0.5, 0.6) is 5.88 Å². The molecule has 2 aromatic rings. The second kappa shape index (κ2) is 8.65. The zero-order valence-corrected chi connectivity index (χ0v) is 15.8. The van der Waals surface area contributed by atoms with Gasteiger partial charge in [-0.05, 0) is 37.7 Å². The number of carbonyl (C=O) groups excluding carboxylic acids is 1. The average Bonchev–Trinajstić information content (AvgIpc) is 3.54. The summed E-state index contributed by atoms with van der Waals surface area (Å²) in [5, 5.41) is 3.03. The number of amides is 1. The molecule has 1 N–H and O–H groups in total. The van der Waals surface area contributed by atoms with Gasteiger partial charge in [-0.3, -0.25) is 9.69 Å². The first-order chi connectivity index (χ1) is 13.7. The maximum Gasteiger partial charge on any atom is 0.271 e. The summed E-state index contributed by atoms with van der Waals surface area (Å²) in [6.07, 6.45) is 7.06.